The minimum atomic E-state index is -3.43. The number of hydrogen-bond donors (Lipinski definition) is 1. The quantitative estimate of drug-likeness (QED) is 0.898. The molecule has 0 radical (unpaired) electrons. The number of hydrogen-bond acceptors (Lipinski definition) is 5. The Bertz CT molecular complexity index is 559. The highest BCUT2D eigenvalue weighted by Crippen LogP contribution is 2.24. The molecule has 2 rings (SSSR count). The van der Waals surface area contributed by atoms with Gasteiger partial charge in [-0.15, -0.1) is 0 Å². The summed E-state index contributed by atoms with van der Waals surface area (Å²) in [5.74, 6) is 0.781. The molecule has 1 atom stereocenters. The van der Waals surface area contributed by atoms with Gasteiger partial charge in [-0.05, 0) is 32.5 Å². The van der Waals surface area contributed by atoms with Crippen LogP contribution in [0.1, 0.15) is 20.3 Å². The first-order valence-electron chi connectivity index (χ1n) is 6.69. The smallest absolute Gasteiger partial charge is 0.241 e. The van der Waals surface area contributed by atoms with Crippen LogP contribution in [0.25, 0.3) is 0 Å². The molecule has 7 heteroatoms. The molecule has 1 N–H and O–H groups in total. The average Bonchev–Trinajstić information content (AvgIpc) is 2.47. The molecule has 0 bridgehead atoms. The number of anilines is 1. The van der Waals surface area contributed by atoms with Gasteiger partial charge < -0.3 is 9.64 Å². The van der Waals surface area contributed by atoms with Gasteiger partial charge in [0.2, 0.25) is 10.0 Å². The number of morpholine rings is 1. The fraction of sp³-hybridized carbons (Fsp3) is 0.615. The molecule has 0 amide bonds. The number of nitrogens with one attached hydrogen (secondary N) is 1. The average molecular weight is 299 g/mol. The highest BCUT2D eigenvalue weighted by molar-refractivity contribution is 7.89. The number of ether oxygens (including phenoxy) is 1. The Balaban J connectivity index is 2.18. The van der Waals surface area contributed by atoms with Crippen LogP contribution in [-0.4, -0.2) is 45.7 Å². The van der Waals surface area contributed by atoms with E-state index in [4.69, 9.17) is 4.74 Å². The maximum atomic E-state index is 11.7. The Morgan fingerprint density at radius 2 is 2.25 bits per heavy atom. The second-order valence-corrected chi connectivity index (χ2v) is 7.02. The third-order valence-corrected chi connectivity index (χ3v) is 5.11. The van der Waals surface area contributed by atoms with Crippen LogP contribution in [0.15, 0.2) is 23.2 Å². The summed E-state index contributed by atoms with van der Waals surface area (Å²) in [6, 6.07) is 3.32. The van der Waals surface area contributed by atoms with Crippen LogP contribution in [0.2, 0.25) is 0 Å². The molecule has 2 heterocycles. The van der Waals surface area contributed by atoms with E-state index in [0.29, 0.717) is 6.61 Å². The SMILES string of the molecule is CCC1(C)CN(c2ccc(S(=O)(=O)NC)cn2)CCO1. The largest absolute Gasteiger partial charge is 0.372 e. The molecule has 1 aliphatic rings. The Morgan fingerprint density at radius 3 is 2.80 bits per heavy atom. The predicted octanol–water partition coefficient (Wildman–Crippen LogP) is 0.995. The maximum Gasteiger partial charge on any atom is 0.241 e. The molecule has 1 saturated heterocycles. The Hall–Kier alpha value is -1.18. The van der Waals surface area contributed by atoms with E-state index in [9.17, 15) is 8.42 Å². The topological polar surface area (TPSA) is 71.5 Å². The van der Waals surface area contributed by atoms with Crippen LogP contribution in [0.4, 0.5) is 5.82 Å². The summed E-state index contributed by atoms with van der Waals surface area (Å²) in [4.78, 5) is 6.57. The van der Waals surface area contributed by atoms with Gasteiger partial charge in [-0.3, -0.25) is 0 Å². The summed E-state index contributed by atoms with van der Waals surface area (Å²) in [6.07, 6.45) is 2.32. The van der Waals surface area contributed by atoms with Crippen LogP contribution in [0.3, 0.4) is 0 Å². The molecule has 0 spiro atoms. The van der Waals surface area contributed by atoms with Gasteiger partial charge in [0.05, 0.1) is 12.2 Å². The van der Waals surface area contributed by atoms with Crippen LogP contribution in [-0.2, 0) is 14.8 Å². The van der Waals surface area contributed by atoms with Gasteiger partial charge in [-0.25, -0.2) is 18.1 Å². The van der Waals surface area contributed by atoms with Gasteiger partial charge in [0.25, 0.3) is 0 Å². The molecule has 0 aromatic carbocycles. The first-order valence-corrected chi connectivity index (χ1v) is 8.17. The molecule has 1 fully saturated rings. The molecular formula is C13H21N3O3S. The fourth-order valence-electron chi connectivity index (χ4n) is 2.18. The van der Waals surface area contributed by atoms with Crippen LogP contribution < -0.4 is 9.62 Å². The second kappa shape index (κ2) is 5.67. The highest BCUT2D eigenvalue weighted by atomic mass is 32.2. The van der Waals surface area contributed by atoms with Crippen molar-refractivity contribution in [1.29, 1.82) is 0 Å². The summed E-state index contributed by atoms with van der Waals surface area (Å²) in [6.45, 7) is 6.36. The lowest BCUT2D eigenvalue weighted by atomic mass is 10.0. The Labute approximate surface area is 120 Å². The zero-order valence-electron chi connectivity index (χ0n) is 12.1. The molecular weight excluding hydrogens is 278 g/mol. The lowest BCUT2D eigenvalue weighted by molar-refractivity contribution is -0.0443. The third kappa shape index (κ3) is 3.11. The predicted molar refractivity (Wildman–Crippen MR) is 77.3 cm³/mol. The van der Waals surface area contributed by atoms with E-state index in [0.717, 1.165) is 25.3 Å². The van der Waals surface area contributed by atoms with Crippen LogP contribution >= 0.6 is 0 Å². The van der Waals surface area contributed by atoms with Gasteiger partial charge in [0.1, 0.15) is 10.7 Å². The normalized spacial score (nSPS) is 23.9. The molecule has 112 valence electrons. The van der Waals surface area contributed by atoms with E-state index >= 15 is 0 Å². The fourth-order valence-corrected chi connectivity index (χ4v) is 2.85. The number of sulfonamides is 1. The monoisotopic (exact) mass is 299 g/mol. The summed E-state index contributed by atoms with van der Waals surface area (Å²) in [5, 5.41) is 0. The van der Waals surface area contributed by atoms with Gasteiger partial charge in [0, 0.05) is 19.3 Å². The first kappa shape index (κ1) is 15.2. The standard InChI is InChI=1S/C13H21N3O3S/c1-4-13(2)10-16(7-8-19-13)12-6-5-11(9-15-12)20(17,18)14-3/h5-6,9,14H,4,7-8,10H2,1-3H3. The number of rotatable bonds is 4. The first-order chi connectivity index (χ1) is 9.40. The molecule has 20 heavy (non-hydrogen) atoms. The zero-order valence-corrected chi connectivity index (χ0v) is 12.9. The Kier molecular flexibility index (Phi) is 4.31. The van der Waals surface area contributed by atoms with Crippen LogP contribution in [0, 0.1) is 0 Å². The van der Waals surface area contributed by atoms with Gasteiger partial charge in [0.15, 0.2) is 0 Å². The molecule has 6 nitrogen and oxygen atoms in total. The van der Waals surface area contributed by atoms with Crippen molar-refractivity contribution in [3.63, 3.8) is 0 Å². The van der Waals surface area contributed by atoms with E-state index in [1.165, 1.54) is 13.2 Å². The van der Waals surface area contributed by atoms with E-state index in [1.54, 1.807) is 12.1 Å². The van der Waals surface area contributed by atoms with Crippen molar-refractivity contribution in [3.05, 3.63) is 18.3 Å². The highest BCUT2D eigenvalue weighted by Gasteiger charge is 2.30. The molecule has 0 aliphatic carbocycles. The van der Waals surface area contributed by atoms with Crippen LogP contribution in [0.5, 0.6) is 0 Å². The van der Waals surface area contributed by atoms with Crippen molar-refractivity contribution >= 4 is 15.8 Å². The van der Waals surface area contributed by atoms with E-state index < -0.39 is 10.0 Å². The molecule has 1 aliphatic heterocycles. The molecule has 1 aromatic heterocycles. The number of aromatic nitrogens is 1. The molecule has 1 unspecified atom stereocenters. The number of nitrogens with zero attached hydrogens (tertiary/aromatic N) is 2. The minimum Gasteiger partial charge on any atom is -0.372 e. The zero-order chi connectivity index (χ0) is 14.8. The van der Waals surface area contributed by atoms with Crippen molar-refractivity contribution in [2.75, 3.05) is 31.6 Å². The van der Waals surface area contributed by atoms with E-state index in [1.807, 2.05) is 0 Å². The van der Waals surface area contributed by atoms with Gasteiger partial charge in [-0.2, -0.15) is 0 Å². The number of pyridine rings is 1. The van der Waals surface area contributed by atoms with Crippen molar-refractivity contribution in [2.45, 2.75) is 30.8 Å². The lowest BCUT2D eigenvalue weighted by Crippen LogP contribution is -2.50. The van der Waals surface area contributed by atoms with Gasteiger partial charge >= 0.3 is 0 Å². The van der Waals surface area contributed by atoms with Crippen molar-refractivity contribution in [2.24, 2.45) is 0 Å². The maximum absolute atomic E-state index is 11.7. The van der Waals surface area contributed by atoms with Crippen molar-refractivity contribution in [1.82, 2.24) is 9.71 Å². The van der Waals surface area contributed by atoms with Crippen molar-refractivity contribution < 1.29 is 13.2 Å². The summed E-state index contributed by atoms with van der Waals surface area (Å²) in [5.41, 5.74) is -0.171. The Morgan fingerprint density at radius 1 is 1.50 bits per heavy atom. The second-order valence-electron chi connectivity index (χ2n) is 5.13. The summed E-state index contributed by atoms with van der Waals surface area (Å²) in [7, 11) is -2.04. The minimum absolute atomic E-state index is 0.171. The lowest BCUT2D eigenvalue weighted by Gasteiger charge is -2.40. The van der Waals surface area contributed by atoms with E-state index in [-0.39, 0.29) is 10.5 Å². The van der Waals surface area contributed by atoms with Gasteiger partial charge in [-0.1, -0.05) is 6.92 Å². The summed E-state index contributed by atoms with van der Waals surface area (Å²) >= 11 is 0. The third-order valence-electron chi connectivity index (χ3n) is 3.71. The molecule has 1 aromatic rings. The van der Waals surface area contributed by atoms with E-state index in [2.05, 4.69) is 28.5 Å². The molecule has 0 saturated carbocycles. The van der Waals surface area contributed by atoms with Crippen molar-refractivity contribution in [3.8, 4) is 0 Å². The summed E-state index contributed by atoms with van der Waals surface area (Å²) < 4.78 is 31.4.